The van der Waals surface area contributed by atoms with Gasteiger partial charge in [0.25, 0.3) is 0 Å². The number of benzene rings is 2. The topological polar surface area (TPSA) is 72.8 Å². The summed E-state index contributed by atoms with van der Waals surface area (Å²) in [6.07, 6.45) is 1.67. The lowest BCUT2D eigenvalue weighted by molar-refractivity contribution is -0.152. The predicted octanol–water partition coefficient (Wildman–Crippen LogP) is 5.77. The van der Waals surface area contributed by atoms with Crippen molar-refractivity contribution in [2.75, 3.05) is 13.2 Å². The summed E-state index contributed by atoms with van der Waals surface area (Å²) in [4.78, 5) is 23.8. The van der Waals surface area contributed by atoms with Crippen LogP contribution in [0.5, 0.6) is 5.75 Å². The summed E-state index contributed by atoms with van der Waals surface area (Å²) in [6.45, 7) is 2.19. The van der Waals surface area contributed by atoms with Crippen LogP contribution in [0.15, 0.2) is 24.3 Å². The molecular weight excluding hydrogens is 840 g/mol. The molecule has 5 nitrogen and oxygen atoms in total. The molecule has 2 aromatic rings. The molecule has 0 aliphatic carbocycles. The highest BCUT2D eigenvalue weighted by atomic mass is 127. The van der Waals surface area contributed by atoms with Crippen molar-refractivity contribution in [1.82, 2.24) is 0 Å². The van der Waals surface area contributed by atoms with Gasteiger partial charge in [0.1, 0.15) is 19.0 Å². The lowest BCUT2D eigenvalue weighted by Crippen LogP contribution is -2.14. The molecule has 0 aromatic heterocycles. The number of hydrogen-bond acceptors (Lipinski definition) is 5. The third kappa shape index (κ3) is 8.56. The average molecular weight is 860 g/mol. The van der Waals surface area contributed by atoms with E-state index >= 15 is 0 Å². The fraction of sp³-hybridized carbons (Fsp3) is 0.333. The van der Waals surface area contributed by atoms with Gasteiger partial charge in [-0.3, -0.25) is 9.59 Å². The monoisotopic (exact) mass is 860 g/mol. The van der Waals surface area contributed by atoms with E-state index in [9.17, 15) is 14.7 Å². The van der Waals surface area contributed by atoms with Gasteiger partial charge in [-0.05, 0) is 151 Å². The summed E-state index contributed by atoms with van der Waals surface area (Å²) < 4.78 is 14.2. The number of carbonyl (C=O) groups excluding carboxylic acids is 2. The molecule has 30 heavy (non-hydrogen) atoms. The van der Waals surface area contributed by atoms with Gasteiger partial charge in [-0.1, -0.05) is 0 Å². The summed E-state index contributed by atoms with van der Waals surface area (Å²) in [5, 5.41) is 9.79. The minimum absolute atomic E-state index is 0.0511. The molecule has 9 heteroatoms. The summed E-state index contributed by atoms with van der Waals surface area (Å²) in [7, 11) is 0. The molecule has 0 heterocycles. The smallest absolute Gasteiger partial charge is 0.306 e. The quantitative estimate of drug-likeness (QED) is 0.197. The lowest BCUT2D eigenvalue weighted by atomic mass is 10.1. The molecule has 0 radical (unpaired) electrons. The SMILES string of the molecule is Cc1c(I)cc(CCC(=O)OCCOC(=O)CCc2cc(I)c(O)c(I)c2)cc1I. The molecule has 0 atom stereocenters. The minimum atomic E-state index is -0.340. The van der Waals surface area contributed by atoms with Crippen molar-refractivity contribution in [3.8, 4) is 5.75 Å². The molecule has 0 saturated heterocycles. The van der Waals surface area contributed by atoms with E-state index in [4.69, 9.17) is 9.47 Å². The first-order valence-corrected chi connectivity index (χ1v) is 13.4. The van der Waals surface area contributed by atoms with Crippen LogP contribution in [0, 0.1) is 21.2 Å². The summed E-state index contributed by atoms with van der Waals surface area (Å²) in [5.74, 6) is -0.381. The molecule has 0 spiro atoms. The summed E-state index contributed by atoms with van der Waals surface area (Å²) >= 11 is 8.72. The molecule has 0 saturated carbocycles. The minimum Gasteiger partial charge on any atom is -0.506 e. The predicted molar refractivity (Wildman–Crippen MR) is 149 cm³/mol. The molecule has 2 aromatic carbocycles. The van der Waals surface area contributed by atoms with E-state index < -0.39 is 0 Å². The second kappa shape index (κ2) is 13.0. The molecule has 162 valence electrons. The van der Waals surface area contributed by atoms with E-state index in [1.807, 2.05) is 12.1 Å². The first-order chi connectivity index (χ1) is 14.2. The largest absolute Gasteiger partial charge is 0.506 e. The first-order valence-electron chi connectivity index (χ1n) is 9.10. The zero-order valence-electron chi connectivity index (χ0n) is 16.1. The Kier molecular flexibility index (Phi) is 11.4. The second-order valence-corrected chi connectivity index (χ2v) is 11.2. The molecule has 0 bridgehead atoms. The number of rotatable bonds is 9. The molecule has 0 amide bonds. The Morgan fingerprint density at radius 2 is 1.13 bits per heavy atom. The van der Waals surface area contributed by atoms with Gasteiger partial charge in [-0.2, -0.15) is 0 Å². The van der Waals surface area contributed by atoms with Gasteiger partial charge in [-0.25, -0.2) is 0 Å². The van der Waals surface area contributed by atoms with Crippen LogP contribution in [0.1, 0.15) is 29.5 Å². The zero-order chi connectivity index (χ0) is 22.3. The van der Waals surface area contributed by atoms with Gasteiger partial charge in [0.2, 0.25) is 0 Å². The third-order valence-corrected chi connectivity index (χ3v) is 8.15. The van der Waals surface area contributed by atoms with Gasteiger partial charge in [0.15, 0.2) is 0 Å². The van der Waals surface area contributed by atoms with Crippen molar-refractivity contribution in [3.05, 3.63) is 55.2 Å². The van der Waals surface area contributed by atoms with Crippen LogP contribution in [0.25, 0.3) is 0 Å². The Labute approximate surface area is 230 Å². The number of aromatic hydroxyl groups is 1. The highest BCUT2D eigenvalue weighted by molar-refractivity contribution is 14.1. The van der Waals surface area contributed by atoms with Gasteiger partial charge >= 0.3 is 11.9 Å². The maximum atomic E-state index is 11.9. The Balaban J connectivity index is 1.64. The maximum absolute atomic E-state index is 11.9. The van der Waals surface area contributed by atoms with E-state index in [-0.39, 0.29) is 37.3 Å². The fourth-order valence-corrected chi connectivity index (χ4v) is 6.35. The van der Waals surface area contributed by atoms with Crippen LogP contribution in [0.3, 0.4) is 0 Å². The molecule has 0 fully saturated rings. The van der Waals surface area contributed by atoms with Crippen molar-refractivity contribution in [2.24, 2.45) is 0 Å². The number of phenols is 1. The highest BCUT2D eigenvalue weighted by Crippen LogP contribution is 2.27. The van der Waals surface area contributed by atoms with Gasteiger partial charge < -0.3 is 14.6 Å². The van der Waals surface area contributed by atoms with E-state index in [2.05, 4.69) is 109 Å². The summed E-state index contributed by atoms with van der Waals surface area (Å²) in [6, 6.07) is 7.87. The Morgan fingerprint density at radius 1 is 0.767 bits per heavy atom. The van der Waals surface area contributed by atoms with E-state index in [1.165, 1.54) is 12.7 Å². The van der Waals surface area contributed by atoms with E-state index in [0.717, 1.165) is 18.3 Å². The van der Waals surface area contributed by atoms with Crippen molar-refractivity contribution in [3.63, 3.8) is 0 Å². The number of halogens is 4. The molecule has 2 rings (SSSR count). The lowest BCUT2D eigenvalue weighted by Gasteiger charge is -2.09. The van der Waals surface area contributed by atoms with Crippen molar-refractivity contribution in [2.45, 2.75) is 32.6 Å². The van der Waals surface area contributed by atoms with Crippen LogP contribution < -0.4 is 0 Å². The van der Waals surface area contributed by atoms with E-state index in [1.54, 1.807) is 0 Å². The fourth-order valence-electron chi connectivity index (χ4n) is 2.55. The van der Waals surface area contributed by atoms with Gasteiger partial charge in [0.05, 0.1) is 7.14 Å². The molecular formula is C21H20I4O5. The number of phenolic OH excluding ortho intramolecular Hbond substituents is 1. The normalized spacial score (nSPS) is 10.7. The molecule has 0 aliphatic rings. The van der Waals surface area contributed by atoms with Crippen molar-refractivity contribution in [1.29, 1.82) is 0 Å². The Bertz CT molecular complexity index is 808. The van der Waals surface area contributed by atoms with Gasteiger partial charge in [0, 0.05) is 20.0 Å². The Hall–Kier alpha value is 0.1000. The summed E-state index contributed by atoms with van der Waals surface area (Å²) in [5.41, 5.74) is 3.32. The van der Waals surface area contributed by atoms with Crippen molar-refractivity contribution < 1.29 is 24.2 Å². The van der Waals surface area contributed by atoms with Crippen LogP contribution in [0.2, 0.25) is 0 Å². The first kappa shape index (κ1) is 26.4. The number of aryl methyl sites for hydroxylation is 2. The highest BCUT2D eigenvalue weighted by Gasteiger charge is 2.10. The van der Waals surface area contributed by atoms with E-state index in [0.29, 0.717) is 19.3 Å². The van der Waals surface area contributed by atoms with Crippen LogP contribution in [-0.4, -0.2) is 30.3 Å². The average Bonchev–Trinajstić information content (AvgIpc) is 2.70. The van der Waals surface area contributed by atoms with Crippen LogP contribution >= 0.6 is 90.4 Å². The number of esters is 2. The van der Waals surface area contributed by atoms with Crippen LogP contribution in [-0.2, 0) is 31.9 Å². The number of ether oxygens (including phenoxy) is 2. The van der Waals surface area contributed by atoms with Crippen LogP contribution in [0.4, 0.5) is 0 Å². The number of hydrogen-bond donors (Lipinski definition) is 1. The standard InChI is InChI=1S/C21H20I4O5/c1-12-15(22)8-13(9-16(12)23)2-4-19(26)29-6-7-30-20(27)5-3-14-10-17(24)21(28)18(25)11-14/h8-11,28H,2-7H2,1H3. The third-order valence-electron chi connectivity index (χ3n) is 4.26. The number of carbonyl (C=O) groups is 2. The van der Waals surface area contributed by atoms with Crippen molar-refractivity contribution >= 4 is 102 Å². The maximum Gasteiger partial charge on any atom is 0.306 e. The molecule has 0 aliphatic heterocycles. The molecule has 0 unspecified atom stereocenters. The molecule has 1 N–H and O–H groups in total. The zero-order valence-corrected chi connectivity index (χ0v) is 24.8. The van der Waals surface area contributed by atoms with Gasteiger partial charge in [-0.15, -0.1) is 0 Å². The second-order valence-electron chi connectivity index (χ2n) is 6.53. The Morgan fingerprint density at radius 3 is 1.53 bits per heavy atom.